The maximum Gasteiger partial charge on any atom is 0.243 e. The molecule has 0 atom stereocenters. The molecule has 1 aliphatic heterocycles. The largest absolute Gasteiger partial charge is 0.340 e. The summed E-state index contributed by atoms with van der Waals surface area (Å²) in [6, 6.07) is 22.0. The highest BCUT2D eigenvalue weighted by molar-refractivity contribution is 7.89. The van der Waals surface area contributed by atoms with Crippen molar-refractivity contribution in [3.05, 3.63) is 107 Å². The number of nitrogens with zero attached hydrogens (tertiary/aromatic N) is 2. The van der Waals surface area contributed by atoms with Gasteiger partial charge in [0.2, 0.25) is 10.0 Å². The molecule has 0 fully saturated rings. The number of hydrogen-bond acceptors (Lipinski definition) is 2. The molecule has 0 saturated heterocycles. The zero-order valence-electron chi connectivity index (χ0n) is 19.3. The number of halogens is 1. The maximum atomic E-state index is 13.6. The molecule has 34 heavy (non-hydrogen) atoms. The average molecular weight is 475 g/mol. The van der Waals surface area contributed by atoms with Crippen molar-refractivity contribution in [1.82, 2.24) is 8.87 Å². The fraction of sp³-hybridized carbons (Fsp3) is 0.214. The summed E-state index contributed by atoms with van der Waals surface area (Å²) in [5.74, 6) is -0.550. The molecule has 4 nitrogen and oxygen atoms in total. The van der Waals surface area contributed by atoms with E-state index in [9.17, 15) is 12.8 Å². The van der Waals surface area contributed by atoms with Crippen LogP contribution >= 0.6 is 0 Å². The highest BCUT2D eigenvalue weighted by Gasteiger charge is 2.28. The summed E-state index contributed by atoms with van der Waals surface area (Å²) in [4.78, 5) is -0.00429. The van der Waals surface area contributed by atoms with Gasteiger partial charge in [0.15, 0.2) is 0 Å². The first kappa shape index (κ1) is 22.6. The number of benzene rings is 3. The molecule has 5 rings (SSSR count). The third-order valence-electron chi connectivity index (χ3n) is 6.75. The Labute approximate surface area is 200 Å². The number of aryl methyl sites for hydroxylation is 1. The van der Waals surface area contributed by atoms with Gasteiger partial charge in [0.1, 0.15) is 5.82 Å². The van der Waals surface area contributed by atoms with Crippen molar-refractivity contribution in [1.29, 1.82) is 0 Å². The summed E-state index contributed by atoms with van der Waals surface area (Å²) in [5.41, 5.74) is 7.24. The molecule has 4 aromatic rings. The fourth-order valence-electron chi connectivity index (χ4n) is 4.87. The van der Waals surface area contributed by atoms with Gasteiger partial charge in [-0.3, -0.25) is 0 Å². The fourth-order valence-corrected chi connectivity index (χ4v) is 6.28. The lowest BCUT2D eigenvalue weighted by Gasteiger charge is -2.26. The maximum absolute atomic E-state index is 13.6. The summed E-state index contributed by atoms with van der Waals surface area (Å²) in [6.45, 7) is 5.69. The lowest BCUT2D eigenvalue weighted by Crippen LogP contribution is -2.34. The second-order valence-electron chi connectivity index (χ2n) is 8.79. The van der Waals surface area contributed by atoms with Gasteiger partial charge in [0.05, 0.1) is 4.90 Å². The predicted molar refractivity (Wildman–Crippen MR) is 135 cm³/mol. The predicted octanol–water partition coefficient (Wildman–Crippen LogP) is 5.92. The average Bonchev–Trinajstić information content (AvgIpc) is 3.12. The van der Waals surface area contributed by atoms with E-state index in [1.165, 1.54) is 55.8 Å². The Morgan fingerprint density at radius 1 is 0.941 bits per heavy atom. The van der Waals surface area contributed by atoms with Gasteiger partial charge in [-0.25, -0.2) is 12.8 Å². The van der Waals surface area contributed by atoms with E-state index in [1.807, 2.05) is 12.1 Å². The Morgan fingerprint density at radius 3 is 2.44 bits per heavy atom. The number of para-hydroxylation sites is 1. The molecule has 0 unspecified atom stereocenters. The normalized spacial score (nSPS) is 15.0. The molecular weight excluding hydrogens is 447 g/mol. The summed E-state index contributed by atoms with van der Waals surface area (Å²) >= 11 is 0. The molecular formula is C28H27FN2O2S. The highest BCUT2D eigenvalue weighted by Crippen LogP contribution is 2.36. The van der Waals surface area contributed by atoms with E-state index < -0.39 is 15.8 Å². The van der Waals surface area contributed by atoms with Gasteiger partial charge in [-0.15, -0.1) is 0 Å². The number of fused-ring (bicyclic) bond motifs is 1. The minimum Gasteiger partial charge on any atom is -0.340 e. The molecule has 1 aliphatic rings. The Bertz CT molecular complexity index is 1520. The van der Waals surface area contributed by atoms with E-state index in [1.54, 1.807) is 0 Å². The Kier molecular flexibility index (Phi) is 5.88. The van der Waals surface area contributed by atoms with Crippen LogP contribution in [0.5, 0.6) is 0 Å². The molecule has 3 aromatic carbocycles. The lowest BCUT2D eigenvalue weighted by atomic mass is 9.97. The molecule has 174 valence electrons. The van der Waals surface area contributed by atoms with E-state index in [-0.39, 0.29) is 11.4 Å². The van der Waals surface area contributed by atoms with Gasteiger partial charge in [-0.1, -0.05) is 54.6 Å². The van der Waals surface area contributed by atoms with Crippen LogP contribution in [0.4, 0.5) is 4.39 Å². The van der Waals surface area contributed by atoms with Crippen LogP contribution in [-0.4, -0.2) is 30.4 Å². The quantitative estimate of drug-likeness (QED) is 0.360. The first-order chi connectivity index (χ1) is 16.4. The van der Waals surface area contributed by atoms with Gasteiger partial charge < -0.3 is 4.57 Å². The van der Waals surface area contributed by atoms with E-state index in [2.05, 4.69) is 60.9 Å². The zero-order valence-corrected chi connectivity index (χ0v) is 20.1. The molecule has 6 heteroatoms. The number of sulfonamides is 1. The van der Waals surface area contributed by atoms with Crippen LogP contribution in [0.3, 0.4) is 0 Å². The van der Waals surface area contributed by atoms with Gasteiger partial charge >= 0.3 is 0 Å². The molecule has 0 aliphatic carbocycles. The van der Waals surface area contributed by atoms with Gasteiger partial charge in [0, 0.05) is 41.8 Å². The molecule has 0 amide bonds. The Hall–Kier alpha value is -3.22. The summed E-state index contributed by atoms with van der Waals surface area (Å²) in [6.07, 6.45) is 2.61. The summed E-state index contributed by atoms with van der Waals surface area (Å²) < 4.78 is 43.5. The van der Waals surface area contributed by atoms with Crippen LogP contribution in [0.2, 0.25) is 0 Å². The van der Waals surface area contributed by atoms with Crippen molar-refractivity contribution in [2.24, 2.45) is 0 Å². The Balaban J connectivity index is 1.50. The topological polar surface area (TPSA) is 42.3 Å². The van der Waals surface area contributed by atoms with Crippen molar-refractivity contribution in [3.8, 4) is 0 Å². The number of aromatic nitrogens is 1. The standard InChI is InChI=1S/C28H27FN2O2S/c1-20-8-3-4-9-23(20)19-31-21(2)28(26-12-5-6-13-27(26)31)22-14-16-30(17-15-22)34(32,33)25-11-7-10-24(29)18-25/h3-14,18H,15-17,19H2,1-2H3. The van der Waals surface area contributed by atoms with E-state index in [0.29, 0.717) is 13.0 Å². The zero-order chi connectivity index (χ0) is 23.9. The van der Waals surface area contributed by atoms with Crippen LogP contribution in [0, 0.1) is 19.7 Å². The van der Waals surface area contributed by atoms with Crippen LogP contribution < -0.4 is 0 Å². The number of rotatable bonds is 5. The molecule has 0 bridgehead atoms. The lowest BCUT2D eigenvalue weighted by molar-refractivity contribution is 0.440. The van der Waals surface area contributed by atoms with Crippen LogP contribution in [0.15, 0.2) is 83.8 Å². The minimum absolute atomic E-state index is 0.00429. The second kappa shape index (κ2) is 8.85. The van der Waals surface area contributed by atoms with Gasteiger partial charge in [-0.05, 0) is 61.2 Å². The van der Waals surface area contributed by atoms with Gasteiger partial charge in [-0.2, -0.15) is 4.31 Å². The highest BCUT2D eigenvalue weighted by atomic mass is 32.2. The molecule has 0 N–H and O–H groups in total. The second-order valence-corrected chi connectivity index (χ2v) is 10.7. The van der Waals surface area contributed by atoms with Crippen molar-refractivity contribution in [3.63, 3.8) is 0 Å². The number of hydrogen-bond donors (Lipinski definition) is 0. The molecule has 1 aromatic heterocycles. The smallest absolute Gasteiger partial charge is 0.243 e. The molecule has 0 radical (unpaired) electrons. The SMILES string of the molecule is Cc1ccccc1Cn1c(C)c(C2=CCN(S(=O)(=O)c3cccc(F)c3)CC2)c2ccccc21. The van der Waals surface area contributed by atoms with Crippen LogP contribution in [-0.2, 0) is 16.6 Å². The third-order valence-corrected chi connectivity index (χ3v) is 8.61. The van der Waals surface area contributed by atoms with E-state index in [0.717, 1.165) is 18.2 Å². The third kappa shape index (κ3) is 3.97. The van der Waals surface area contributed by atoms with Crippen molar-refractivity contribution in [2.45, 2.75) is 31.7 Å². The molecule has 2 heterocycles. The molecule has 0 saturated carbocycles. The minimum atomic E-state index is -3.74. The van der Waals surface area contributed by atoms with E-state index in [4.69, 9.17) is 0 Å². The van der Waals surface area contributed by atoms with Crippen molar-refractivity contribution in [2.75, 3.05) is 13.1 Å². The molecule has 0 spiro atoms. The first-order valence-corrected chi connectivity index (χ1v) is 12.9. The summed E-state index contributed by atoms with van der Waals surface area (Å²) in [5, 5.41) is 1.18. The monoisotopic (exact) mass is 474 g/mol. The van der Waals surface area contributed by atoms with Crippen molar-refractivity contribution < 1.29 is 12.8 Å². The first-order valence-electron chi connectivity index (χ1n) is 11.4. The van der Waals surface area contributed by atoms with E-state index >= 15 is 0 Å². The van der Waals surface area contributed by atoms with Crippen molar-refractivity contribution >= 4 is 26.5 Å². The van der Waals surface area contributed by atoms with Crippen LogP contribution in [0.1, 0.15) is 28.8 Å². The van der Waals surface area contributed by atoms with Gasteiger partial charge in [0.25, 0.3) is 0 Å². The van der Waals surface area contributed by atoms with Crippen LogP contribution in [0.25, 0.3) is 16.5 Å². The Morgan fingerprint density at radius 2 is 1.71 bits per heavy atom. The summed E-state index contributed by atoms with van der Waals surface area (Å²) in [7, 11) is -3.74.